The van der Waals surface area contributed by atoms with Crippen LogP contribution < -0.4 is 9.62 Å². The molecule has 0 radical (unpaired) electrons. The highest BCUT2D eigenvalue weighted by Crippen LogP contribution is 2.30. The predicted molar refractivity (Wildman–Crippen MR) is 159 cm³/mol. The lowest BCUT2D eigenvalue weighted by Gasteiger charge is -2.32. The molecule has 0 bridgehead atoms. The monoisotopic (exact) mass is 601 g/mol. The number of rotatable bonds is 10. The zero-order chi connectivity index (χ0) is 28.9. The molecule has 0 unspecified atom stereocenters. The quantitative estimate of drug-likeness (QED) is 0.310. The number of carbonyl (C=O) groups is 2. The molecule has 0 aromatic heterocycles. The highest BCUT2D eigenvalue weighted by atomic mass is 35.5. The standard InChI is InChI=1S/C30H33Cl2N3O4S/c1-21-9-8-10-23(15-21)19-34(22(2)30(37)33-26-11-6-7-12-26)29(36)20-35(27-17-24(31)16-25(32)18-27)40(38,39)28-13-4-3-5-14-28/h3-5,8-10,13-18,22,26H,6-7,11-12,19-20H2,1-2H3,(H,33,37)/t22-/m0/s1. The molecule has 1 N–H and O–H groups in total. The summed E-state index contributed by atoms with van der Waals surface area (Å²) in [7, 11) is -4.19. The Hall–Kier alpha value is -3.07. The number of nitrogens with zero attached hydrogens (tertiary/aromatic N) is 2. The van der Waals surface area contributed by atoms with E-state index in [-0.39, 0.29) is 39.1 Å². The second kappa shape index (κ2) is 13.1. The molecule has 40 heavy (non-hydrogen) atoms. The van der Waals surface area contributed by atoms with Crippen molar-refractivity contribution in [1.82, 2.24) is 10.2 Å². The van der Waals surface area contributed by atoms with Gasteiger partial charge in [-0.2, -0.15) is 0 Å². The van der Waals surface area contributed by atoms with Crippen LogP contribution in [0.15, 0.2) is 77.7 Å². The summed E-state index contributed by atoms with van der Waals surface area (Å²) in [6.45, 7) is 3.20. The maximum atomic E-state index is 14.0. The molecular formula is C30H33Cl2N3O4S. The van der Waals surface area contributed by atoms with Gasteiger partial charge >= 0.3 is 0 Å². The van der Waals surface area contributed by atoms with Crippen molar-refractivity contribution in [2.24, 2.45) is 0 Å². The van der Waals surface area contributed by atoms with E-state index in [0.717, 1.165) is 41.1 Å². The Bertz CT molecular complexity index is 1440. The zero-order valence-electron chi connectivity index (χ0n) is 22.5. The molecular weight excluding hydrogens is 569 g/mol. The van der Waals surface area contributed by atoms with Crippen molar-refractivity contribution in [2.75, 3.05) is 10.8 Å². The highest BCUT2D eigenvalue weighted by Gasteiger charge is 2.33. The molecule has 3 aromatic carbocycles. The van der Waals surface area contributed by atoms with Crippen molar-refractivity contribution in [1.29, 1.82) is 0 Å². The van der Waals surface area contributed by atoms with Gasteiger partial charge in [0.25, 0.3) is 10.0 Å². The lowest BCUT2D eigenvalue weighted by atomic mass is 10.1. The highest BCUT2D eigenvalue weighted by molar-refractivity contribution is 7.92. The summed E-state index contributed by atoms with van der Waals surface area (Å²) in [6, 6.07) is 19.1. The van der Waals surface area contributed by atoms with Crippen LogP contribution >= 0.6 is 23.2 Å². The van der Waals surface area contributed by atoms with Crippen LogP contribution in [0.3, 0.4) is 0 Å². The molecule has 10 heteroatoms. The minimum absolute atomic E-state index is 0.0103. The third-order valence-electron chi connectivity index (χ3n) is 7.05. The van der Waals surface area contributed by atoms with Gasteiger partial charge in [0.15, 0.2) is 0 Å². The number of hydrogen-bond acceptors (Lipinski definition) is 4. The number of halogens is 2. The number of amides is 2. The lowest BCUT2D eigenvalue weighted by Crippen LogP contribution is -2.52. The van der Waals surface area contributed by atoms with Crippen LogP contribution in [0.2, 0.25) is 10.0 Å². The minimum Gasteiger partial charge on any atom is -0.352 e. The molecule has 1 aliphatic rings. The summed E-state index contributed by atoms with van der Waals surface area (Å²) < 4.78 is 28.7. The minimum atomic E-state index is -4.19. The van der Waals surface area contributed by atoms with E-state index in [1.54, 1.807) is 25.1 Å². The molecule has 7 nitrogen and oxygen atoms in total. The Morgan fingerprint density at radius 3 is 2.23 bits per heavy atom. The molecule has 1 aliphatic carbocycles. The second-order valence-corrected chi connectivity index (χ2v) is 12.9. The SMILES string of the molecule is Cc1cccc(CN(C(=O)CN(c2cc(Cl)cc(Cl)c2)S(=O)(=O)c2ccccc2)[C@@H](C)C(=O)NC2CCCC2)c1. The van der Waals surface area contributed by atoms with Gasteiger partial charge in [-0.25, -0.2) is 8.42 Å². The summed E-state index contributed by atoms with van der Waals surface area (Å²) >= 11 is 12.5. The first-order chi connectivity index (χ1) is 19.0. The normalized spacial score (nSPS) is 14.5. The van der Waals surface area contributed by atoms with Crippen molar-refractivity contribution in [3.8, 4) is 0 Å². The fraction of sp³-hybridized carbons (Fsp3) is 0.333. The van der Waals surface area contributed by atoms with Gasteiger partial charge in [0.05, 0.1) is 10.6 Å². The first kappa shape index (κ1) is 29.9. The van der Waals surface area contributed by atoms with Gasteiger partial charge < -0.3 is 10.2 Å². The van der Waals surface area contributed by atoms with Crippen LogP contribution in [0.5, 0.6) is 0 Å². The average Bonchev–Trinajstić information content (AvgIpc) is 3.42. The Morgan fingerprint density at radius 2 is 1.60 bits per heavy atom. The largest absolute Gasteiger partial charge is 0.352 e. The number of carbonyl (C=O) groups excluding carboxylic acids is 2. The molecule has 0 heterocycles. The van der Waals surface area contributed by atoms with Crippen molar-refractivity contribution in [2.45, 2.75) is 63.1 Å². The van der Waals surface area contributed by atoms with Crippen LogP contribution in [-0.4, -0.2) is 43.8 Å². The average molecular weight is 603 g/mol. The van der Waals surface area contributed by atoms with E-state index >= 15 is 0 Å². The van der Waals surface area contributed by atoms with Crippen LogP contribution in [0.1, 0.15) is 43.7 Å². The lowest BCUT2D eigenvalue weighted by molar-refractivity contribution is -0.139. The molecule has 1 fully saturated rings. The van der Waals surface area contributed by atoms with E-state index in [1.165, 1.54) is 35.2 Å². The van der Waals surface area contributed by atoms with Crippen LogP contribution in [0, 0.1) is 6.92 Å². The maximum absolute atomic E-state index is 14.0. The molecule has 212 valence electrons. The smallest absolute Gasteiger partial charge is 0.264 e. The molecule has 1 saturated carbocycles. The summed E-state index contributed by atoms with van der Waals surface area (Å²) in [5.41, 5.74) is 1.99. The van der Waals surface area contributed by atoms with Gasteiger partial charge in [-0.15, -0.1) is 0 Å². The van der Waals surface area contributed by atoms with Crippen molar-refractivity contribution >= 4 is 50.7 Å². The second-order valence-electron chi connectivity index (χ2n) is 10.1. The van der Waals surface area contributed by atoms with E-state index in [1.807, 2.05) is 31.2 Å². The van der Waals surface area contributed by atoms with E-state index in [2.05, 4.69) is 5.32 Å². The van der Waals surface area contributed by atoms with Gasteiger partial charge in [-0.3, -0.25) is 13.9 Å². The number of aryl methyl sites for hydroxylation is 1. The van der Waals surface area contributed by atoms with Crippen molar-refractivity contribution in [3.05, 3.63) is 94.0 Å². The Kier molecular flexibility index (Phi) is 9.77. The van der Waals surface area contributed by atoms with Gasteiger partial charge in [0, 0.05) is 22.6 Å². The maximum Gasteiger partial charge on any atom is 0.264 e. The number of sulfonamides is 1. The topological polar surface area (TPSA) is 86.8 Å². The zero-order valence-corrected chi connectivity index (χ0v) is 24.8. The fourth-order valence-corrected chi connectivity index (χ4v) is 6.85. The predicted octanol–water partition coefficient (Wildman–Crippen LogP) is 5.97. The molecule has 4 rings (SSSR count). The van der Waals surface area contributed by atoms with Gasteiger partial charge in [0.2, 0.25) is 11.8 Å². The summed E-state index contributed by atoms with van der Waals surface area (Å²) in [5.74, 6) is -0.803. The molecule has 2 amide bonds. The first-order valence-corrected chi connectivity index (χ1v) is 15.4. The Labute approximate surface area is 246 Å². The third-order valence-corrected chi connectivity index (χ3v) is 9.27. The van der Waals surface area contributed by atoms with Gasteiger partial charge in [-0.05, 0) is 62.6 Å². The Balaban J connectivity index is 1.70. The molecule has 0 aliphatic heterocycles. The van der Waals surface area contributed by atoms with Crippen molar-refractivity contribution in [3.63, 3.8) is 0 Å². The molecule has 0 saturated heterocycles. The van der Waals surface area contributed by atoms with E-state index in [9.17, 15) is 18.0 Å². The molecule has 1 atom stereocenters. The first-order valence-electron chi connectivity index (χ1n) is 13.2. The fourth-order valence-electron chi connectivity index (χ4n) is 4.91. The Morgan fingerprint density at radius 1 is 0.950 bits per heavy atom. The number of nitrogens with one attached hydrogen (secondary N) is 1. The molecule has 3 aromatic rings. The van der Waals surface area contributed by atoms with Crippen LogP contribution in [0.25, 0.3) is 0 Å². The molecule has 0 spiro atoms. The summed E-state index contributed by atoms with van der Waals surface area (Å²) in [4.78, 5) is 28.8. The number of benzene rings is 3. The van der Waals surface area contributed by atoms with Gasteiger partial charge in [-0.1, -0.05) is 84.1 Å². The summed E-state index contributed by atoms with van der Waals surface area (Å²) in [6.07, 6.45) is 3.92. The third kappa shape index (κ3) is 7.36. The summed E-state index contributed by atoms with van der Waals surface area (Å²) in [5, 5.41) is 3.52. The van der Waals surface area contributed by atoms with Crippen molar-refractivity contribution < 1.29 is 18.0 Å². The number of hydrogen-bond donors (Lipinski definition) is 1. The van der Waals surface area contributed by atoms with E-state index in [0.29, 0.717) is 0 Å². The van der Waals surface area contributed by atoms with Crippen LogP contribution in [-0.2, 0) is 26.2 Å². The van der Waals surface area contributed by atoms with Gasteiger partial charge in [0.1, 0.15) is 12.6 Å². The number of anilines is 1. The van der Waals surface area contributed by atoms with Crippen LogP contribution in [0.4, 0.5) is 5.69 Å². The van der Waals surface area contributed by atoms with E-state index < -0.39 is 28.5 Å². The van der Waals surface area contributed by atoms with E-state index in [4.69, 9.17) is 23.2 Å².